The van der Waals surface area contributed by atoms with Gasteiger partial charge in [0.05, 0.1) is 5.69 Å². The Balaban J connectivity index is 0.752. The van der Waals surface area contributed by atoms with Crippen LogP contribution in [0.5, 0.6) is 17.2 Å². The zero-order valence-corrected chi connectivity index (χ0v) is 47.7. The zero-order valence-electron chi connectivity index (χ0n) is 46.5. The second kappa shape index (κ2) is 22.9. The van der Waals surface area contributed by atoms with Gasteiger partial charge in [0.2, 0.25) is 0 Å². The van der Waals surface area contributed by atoms with Crippen LogP contribution in [0.4, 0.5) is 22.7 Å². The fourth-order valence-corrected chi connectivity index (χ4v) is 12.8. The summed E-state index contributed by atoms with van der Waals surface area (Å²) in [5.74, 6) is 1.73. The maximum absolute atomic E-state index is 6.90. The third-order valence-corrected chi connectivity index (χ3v) is 17.2. The van der Waals surface area contributed by atoms with Crippen molar-refractivity contribution in [3.63, 3.8) is 0 Å². The SMILES string of the molecule is Cc1ccc(N(c2ccc(-c3ccc(N(Cc4ccc(-c5ccc([O][Al]([O]c6cccc7cccnc67)[O]c6ccc(C)c7cccnc67)c6ncccc56)cc4)Cc4cccc5ccccc45)cc3)cc2)c2cccc3ccccc23)cc1. The van der Waals surface area contributed by atoms with Crippen molar-refractivity contribution in [2.75, 3.05) is 9.80 Å². The fourth-order valence-electron chi connectivity index (χ4n) is 11.5. The van der Waals surface area contributed by atoms with Crippen LogP contribution < -0.4 is 21.2 Å². The molecule has 402 valence electrons. The quantitative estimate of drug-likeness (QED) is 0.0886. The Morgan fingerprint density at radius 1 is 0.357 bits per heavy atom. The van der Waals surface area contributed by atoms with Crippen molar-refractivity contribution in [3.8, 4) is 39.5 Å². The van der Waals surface area contributed by atoms with Crippen LogP contribution in [-0.2, 0) is 13.1 Å². The van der Waals surface area contributed by atoms with Gasteiger partial charge in [0.1, 0.15) is 33.8 Å². The van der Waals surface area contributed by atoms with Crippen molar-refractivity contribution >= 4 is 92.2 Å². The van der Waals surface area contributed by atoms with E-state index in [1.165, 1.54) is 38.2 Å². The second-order valence-corrected chi connectivity index (χ2v) is 22.5. The first-order chi connectivity index (χ1) is 41.4. The lowest BCUT2D eigenvalue weighted by molar-refractivity contribution is 0.311. The van der Waals surface area contributed by atoms with Crippen LogP contribution >= 0.6 is 0 Å². The molecule has 0 aliphatic heterocycles. The van der Waals surface area contributed by atoms with Crippen molar-refractivity contribution in [1.29, 1.82) is 0 Å². The van der Waals surface area contributed by atoms with E-state index in [0.29, 0.717) is 29.3 Å². The largest absolute Gasteiger partial charge is 1.20 e. The molecule has 0 N–H and O–H groups in total. The number of para-hydroxylation sites is 1. The van der Waals surface area contributed by atoms with Crippen LogP contribution in [0, 0.1) is 13.8 Å². The molecule has 0 unspecified atom stereocenters. The van der Waals surface area contributed by atoms with Crippen LogP contribution in [0.3, 0.4) is 0 Å². The molecular weight excluding hydrogens is 1050 g/mol. The van der Waals surface area contributed by atoms with Crippen LogP contribution in [0.25, 0.3) is 76.5 Å². The number of hydrogen-bond donors (Lipinski definition) is 0. The molecule has 0 aliphatic rings. The summed E-state index contributed by atoms with van der Waals surface area (Å²) in [4.78, 5) is 19.2. The Kier molecular flexibility index (Phi) is 14.1. The van der Waals surface area contributed by atoms with E-state index in [-0.39, 0.29) is 0 Å². The van der Waals surface area contributed by atoms with Crippen molar-refractivity contribution in [3.05, 3.63) is 302 Å². The molecule has 0 spiro atoms. The van der Waals surface area contributed by atoms with Crippen LogP contribution in [0.1, 0.15) is 22.3 Å². The minimum atomic E-state index is -3.11. The molecule has 0 atom stereocenters. The van der Waals surface area contributed by atoms with Gasteiger partial charge in [-0.15, -0.1) is 0 Å². The number of nitrogens with zero attached hydrogens (tertiary/aromatic N) is 5. The smallest absolute Gasteiger partial charge is 0.576 e. The van der Waals surface area contributed by atoms with Crippen LogP contribution in [0.15, 0.2) is 279 Å². The van der Waals surface area contributed by atoms with Gasteiger partial charge in [0.25, 0.3) is 0 Å². The van der Waals surface area contributed by atoms with Crippen molar-refractivity contribution in [2.45, 2.75) is 26.9 Å². The molecule has 0 bridgehead atoms. The second-order valence-electron chi connectivity index (χ2n) is 21.2. The van der Waals surface area contributed by atoms with Crippen LogP contribution in [-0.4, -0.2) is 30.1 Å². The Morgan fingerprint density at radius 3 is 1.57 bits per heavy atom. The lowest BCUT2D eigenvalue weighted by Gasteiger charge is -2.27. The molecule has 3 heterocycles. The van der Waals surface area contributed by atoms with Gasteiger partial charge in [-0.2, -0.15) is 0 Å². The molecule has 8 nitrogen and oxygen atoms in total. The van der Waals surface area contributed by atoms with Gasteiger partial charge < -0.3 is 21.2 Å². The molecule has 0 amide bonds. The van der Waals surface area contributed by atoms with Gasteiger partial charge in [-0.05, 0) is 148 Å². The number of rotatable bonds is 16. The molecule has 0 saturated heterocycles. The third-order valence-electron chi connectivity index (χ3n) is 15.8. The molecule has 14 rings (SSSR count). The molecular formula is C75H56AlN5O3. The summed E-state index contributed by atoms with van der Waals surface area (Å²) in [7, 11) is 0. The number of aryl methyl sites for hydroxylation is 2. The number of hydrogen-bond acceptors (Lipinski definition) is 8. The minimum absolute atomic E-state index is 0.564. The molecule has 9 heteroatoms. The Morgan fingerprint density at radius 2 is 0.857 bits per heavy atom. The van der Waals surface area contributed by atoms with E-state index in [2.05, 4.69) is 229 Å². The highest BCUT2D eigenvalue weighted by atomic mass is 27.3. The van der Waals surface area contributed by atoms with E-state index in [1.807, 2.05) is 60.7 Å². The monoisotopic (exact) mass is 1100 g/mol. The minimum Gasteiger partial charge on any atom is -0.576 e. The first-order valence-electron chi connectivity index (χ1n) is 28.4. The maximum atomic E-state index is 6.90. The van der Waals surface area contributed by atoms with Crippen molar-refractivity contribution in [1.82, 2.24) is 15.0 Å². The number of fused-ring (bicyclic) bond motifs is 5. The Labute approximate surface area is 493 Å². The lowest BCUT2D eigenvalue weighted by atomic mass is 9.98. The summed E-state index contributed by atoms with van der Waals surface area (Å²) in [6, 6.07) is 92.1. The van der Waals surface area contributed by atoms with Crippen molar-refractivity contribution < 1.29 is 11.4 Å². The van der Waals surface area contributed by atoms with Gasteiger partial charge in [-0.3, -0.25) is 15.0 Å². The van der Waals surface area contributed by atoms with Crippen LogP contribution in [0.2, 0.25) is 0 Å². The molecule has 11 aromatic carbocycles. The Hall–Kier alpha value is -10.3. The first-order valence-corrected chi connectivity index (χ1v) is 29.8. The molecule has 3 aromatic heterocycles. The average molecular weight is 1100 g/mol. The molecule has 14 aromatic rings. The molecule has 0 fully saturated rings. The third kappa shape index (κ3) is 10.5. The normalized spacial score (nSPS) is 11.3. The zero-order chi connectivity index (χ0) is 56.3. The number of anilines is 4. The number of pyridine rings is 3. The van der Waals surface area contributed by atoms with Gasteiger partial charge in [-0.1, -0.05) is 188 Å². The highest BCUT2D eigenvalue weighted by molar-refractivity contribution is 6.40. The summed E-state index contributed by atoms with van der Waals surface area (Å²) in [5.41, 5.74) is 15.9. The predicted molar refractivity (Wildman–Crippen MR) is 346 cm³/mol. The van der Waals surface area contributed by atoms with E-state index in [0.717, 1.165) is 84.3 Å². The van der Waals surface area contributed by atoms with E-state index < -0.39 is 15.1 Å². The summed E-state index contributed by atoms with van der Waals surface area (Å²) in [6.45, 7) is 5.62. The highest BCUT2D eigenvalue weighted by Crippen LogP contribution is 2.41. The summed E-state index contributed by atoms with van der Waals surface area (Å²) in [6.07, 6.45) is 5.34. The fraction of sp³-hybridized carbons (Fsp3) is 0.0533. The lowest BCUT2D eigenvalue weighted by Crippen LogP contribution is -2.37. The number of aromatic nitrogens is 3. The molecule has 0 saturated carbocycles. The summed E-state index contributed by atoms with van der Waals surface area (Å²) in [5, 5.41) is 7.81. The highest BCUT2D eigenvalue weighted by Gasteiger charge is 2.46. The van der Waals surface area contributed by atoms with E-state index in [1.54, 1.807) is 18.6 Å². The van der Waals surface area contributed by atoms with Gasteiger partial charge in [0, 0.05) is 70.3 Å². The van der Waals surface area contributed by atoms with Gasteiger partial charge >= 0.3 is 15.1 Å². The summed E-state index contributed by atoms with van der Waals surface area (Å²) >= 11 is -3.11. The average Bonchev–Trinajstić information content (AvgIpc) is 3.55. The van der Waals surface area contributed by atoms with Gasteiger partial charge in [-0.25, -0.2) is 0 Å². The molecule has 84 heavy (non-hydrogen) atoms. The molecule has 0 radical (unpaired) electrons. The standard InChI is InChI=1S/C56H43N3O.C10H9NO.C9H7NO.Al/c1-39-18-28-48(29-19-39)59(54-17-7-12-44-10-3-5-15-52(44)54)49-32-26-42(27-33-49)41-24-30-47(31-25-41)58(38-46-13-6-11-43-9-2-4-14-50(43)46)37-40-20-22-45(23-21-40)51-34-35-55(60)56-53(51)16-8-36-57-56;1-7-4-5-9(12)10-8(7)3-2-6-11-10;11-8-5-1-3-7-4-2-6-10-9(7)8;/h2-36,60H,37-38H2,1H3;2-6,12H,1H3;1-6,11H;/q;;;+3/p-3. The number of benzene rings is 11. The first kappa shape index (κ1) is 51.8. The Bertz CT molecular complexity index is 4680. The van der Waals surface area contributed by atoms with E-state index in [4.69, 9.17) is 21.3 Å². The van der Waals surface area contributed by atoms with Crippen molar-refractivity contribution in [2.24, 2.45) is 0 Å². The van der Waals surface area contributed by atoms with E-state index in [9.17, 15) is 0 Å². The van der Waals surface area contributed by atoms with E-state index >= 15 is 0 Å². The van der Waals surface area contributed by atoms with Gasteiger partial charge in [0.15, 0.2) is 0 Å². The predicted octanol–water partition coefficient (Wildman–Crippen LogP) is 18.8. The summed E-state index contributed by atoms with van der Waals surface area (Å²) < 4.78 is 20.4. The topological polar surface area (TPSA) is 72.8 Å². The maximum Gasteiger partial charge on any atom is 1.20 e. The molecule has 0 aliphatic carbocycles.